The van der Waals surface area contributed by atoms with Gasteiger partial charge in [0.1, 0.15) is 5.82 Å². The van der Waals surface area contributed by atoms with E-state index in [0.717, 1.165) is 17.0 Å². The summed E-state index contributed by atoms with van der Waals surface area (Å²) < 4.78 is 13.3. The van der Waals surface area contributed by atoms with Gasteiger partial charge in [0.25, 0.3) is 0 Å². The summed E-state index contributed by atoms with van der Waals surface area (Å²) in [6, 6.07) is 4.85. The van der Waals surface area contributed by atoms with Crippen LogP contribution in [0.15, 0.2) is 24.4 Å². The Morgan fingerprint density at radius 1 is 1.42 bits per heavy atom. The molecule has 0 atom stereocenters. The lowest BCUT2D eigenvalue weighted by atomic mass is 10.2. The molecule has 0 fully saturated rings. The predicted molar refractivity (Wildman–Crippen MR) is 80.4 cm³/mol. The van der Waals surface area contributed by atoms with E-state index < -0.39 is 0 Å². The third-order valence-corrected chi connectivity index (χ3v) is 3.55. The molecule has 2 aromatic rings. The predicted octanol–water partition coefficient (Wildman–Crippen LogP) is 3.57. The van der Waals surface area contributed by atoms with Crippen molar-refractivity contribution >= 4 is 40.5 Å². The molecular formula is C12H14Cl2FN3S. The van der Waals surface area contributed by atoms with Crippen LogP contribution in [0.4, 0.5) is 9.52 Å². The molecule has 1 heterocycles. The van der Waals surface area contributed by atoms with Gasteiger partial charge in [-0.25, -0.2) is 9.37 Å². The summed E-state index contributed by atoms with van der Waals surface area (Å²) >= 11 is 7.10. The Hall–Kier alpha value is -0.880. The van der Waals surface area contributed by atoms with E-state index in [-0.39, 0.29) is 23.2 Å². The molecule has 0 unspecified atom stereocenters. The number of nitrogens with zero attached hydrogens (tertiary/aromatic N) is 2. The van der Waals surface area contributed by atoms with Gasteiger partial charge in [-0.05, 0) is 24.7 Å². The summed E-state index contributed by atoms with van der Waals surface area (Å²) in [6.07, 6.45) is 1.76. The Morgan fingerprint density at radius 2 is 2.16 bits per heavy atom. The molecule has 1 aromatic carbocycles. The summed E-state index contributed by atoms with van der Waals surface area (Å²) in [5.41, 5.74) is 6.45. The van der Waals surface area contributed by atoms with E-state index in [2.05, 4.69) is 9.88 Å². The van der Waals surface area contributed by atoms with Crippen molar-refractivity contribution in [2.24, 2.45) is 0 Å². The summed E-state index contributed by atoms with van der Waals surface area (Å²) in [6.45, 7) is 1.38. The highest BCUT2D eigenvalue weighted by molar-refractivity contribution is 7.15. The average Bonchev–Trinajstić information content (AvgIpc) is 2.69. The zero-order valence-electron chi connectivity index (χ0n) is 10.3. The molecule has 0 saturated heterocycles. The second-order valence-electron chi connectivity index (χ2n) is 4.09. The van der Waals surface area contributed by atoms with Crippen LogP contribution in [0.1, 0.15) is 10.4 Å². The number of nitrogens with two attached hydrogens (primary N) is 1. The van der Waals surface area contributed by atoms with Crippen molar-refractivity contribution < 1.29 is 4.39 Å². The standard InChI is InChI=1S/C12H13ClFN3S.ClH/c1-17(7-9-5-16-12(15)18-9)6-8-2-3-10(13)11(14)4-8;/h2-5H,6-7H2,1H3,(H2,15,16);1H. The molecule has 104 valence electrons. The zero-order chi connectivity index (χ0) is 13.1. The molecule has 1 aromatic heterocycles. The van der Waals surface area contributed by atoms with Gasteiger partial charge in [0, 0.05) is 24.2 Å². The zero-order valence-corrected chi connectivity index (χ0v) is 12.7. The average molecular weight is 322 g/mol. The van der Waals surface area contributed by atoms with Crippen LogP contribution in [-0.2, 0) is 13.1 Å². The molecule has 19 heavy (non-hydrogen) atoms. The number of rotatable bonds is 4. The Labute approximate surface area is 126 Å². The van der Waals surface area contributed by atoms with Crippen LogP contribution in [0, 0.1) is 5.82 Å². The van der Waals surface area contributed by atoms with Crippen molar-refractivity contribution in [2.45, 2.75) is 13.1 Å². The van der Waals surface area contributed by atoms with Crippen LogP contribution < -0.4 is 5.73 Å². The van der Waals surface area contributed by atoms with Gasteiger partial charge >= 0.3 is 0 Å². The van der Waals surface area contributed by atoms with E-state index in [1.165, 1.54) is 17.4 Å². The van der Waals surface area contributed by atoms with Crippen LogP contribution in [-0.4, -0.2) is 16.9 Å². The van der Waals surface area contributed by atoms with Crippen molar-refractivity contribution in [2.75, 3.05) is 12.8 Å². The fourth-order valence-corrected chi connectivity index (χ4v) is 2.55. The summed E-state index contributed by atoms with van der Waals surface area (Å²) in [4.78, 5) is 7.15. The number of nitrogen functional groups attached to an aromatic ring is 1. The molecule has 0 spiro atoms. The quantitative estimate of drug-likeness (QED) is 0.936. The van der Waals surface area contributed by atoms with Crippen molar-refractivity contribution in [1.82, 2.24) is 9.88 Å². The number of aromatic nitrogens is 1. The van der Waals surface area contributed by atoms with Crippen molar-refractivity contribution in [3.8, 4) is 0 Å². The van der Waals surface area contributed by atoms with Gasteiger partial charge in [0.15, 0.2) is 5.13 Å². The first-order valence-corrected chi connectivity index (χ1v) is 6.56. The molecule has 0 amide bonds. The first-order chi connectivity index (χ1) is 8.54. The van der Waals surface area contributed by atoms with Crippen LogP contribution >= 0.6 is 35.3 Å². The Balaban J connectivity index is 0.00000180. The summed E-state index contributed by atoms with van der Waals surface area (Å²) in [7, 11) is 1.96. The van der Waals surface area contributed by atoms with E-state index in [1.54, 1.807) is 12.3 Å². The molecule has 3 nitrogen and oxygen atoms in total. The molecule has 0 bridgehead atoms. The van der Waals surface area contributed by atoms with Gasteiger partial charge in [0.2, 0.25) is 0 Å². The molecule has 0 aliphatic heterocycles. The van der Waals surface area contributed by atoms with Gasteiger partial charge in [-0.3, -0.25) is 4.90 Å². The third-order valence-electron chi connectivity index (χ3n) is 2.43. The second-order valence-corrected chi connectivity index (χ2v) is 5.64. The van der Waals surface area contributed by atoms with Crippen molar-refractivity contribution in [3.63, 3.8) is 0 Å². The minimum Gasteiger partial charge on any atom is -0.375 e. The maximum atomic E-state index is 13.3. The fourth-order valence-electron chi connectivity index (χ4n) is 1.67. The van der Waals surface area contributed by atoms with Gasteiger partial charge in [0.05, 0.1) is 5.02 Å². The highest BCUT2D eigenvalue weighted by Gasteiger charge is 2.06. The minimum atomic E-state index is -0.385. The highest BCUT2D eigenvalue weighted by Crippen LogP contribution is 2.19. The topological polar surface area (TPSA) is 42.2 Å². The maximum absolute atomic E-state index is 13.3. The van der Waals surface area contributed by atoms with Gasteiger partial charge < -0.3 is 5.73 Å². The molecular weight excluding hydrogens is 308 g/mol. The van der Waals surface area contributed by atoms with E-state index in [9.17, 15) is 4.39 Å². The maximum Gasteiger partial charge on any atom is 0.180 e. The first-order valence-electron chi connectivity index (χ1n) is 5.37. The Morgan fingerprint density at radius 3 is 2.74 bits per heavy atom. The van der Waals surface area contributed by atoms with E-state index >= 15 is 0 Å². The van der Waals surface area contributed by atoms with E-state index in [1.807, 2.05) is 13.1 Å². The number of thiazole rings is 1. The van der Waals surface area contributed by atoms with Crippen LogP contribution in [0.2, 0.25) is 5.02 Å². The van der Waals surface area contributed by atoms with Crippen molar-refractivity contribution in [3.05, 3.63) is 45.7 Å². The Bertz CT molecular complexity index is 548. The SMILES string of the molecule is CN(Cc1ccc(Cl)c(F)c1)Cc1cnc(N)s1.Cl. The molecule has 0 aliphatic carbocycles. The van der Waals surface area contributed by atoms with E-state index in [4.69, 9.17) is 17.3 Å². The lowest BCUT2D eigenvalue weighted by molar-refractivity contribution is 0.321. The van der Waals surface area contributed by atoms with Gasteiger partial charge in [-0.2, -0.15) is 0 Å². The molecule has 0 saturated carbocycles. The number of halogens is 3. The lowest BCUT2D eigenvalue weighted by Crippen LogP contribution is -2.16. The summed E-state index contributed by atoms with van der Waals surface area (Å²) in [5, 5.41) is 0.715. The smallest absolute Gasteiger partial charge is 0.180 e. The minimum absolute atomic E-state index is 0. The van der Waals surface area contributed by atoms with Crippen LogP contribution in [0.25, 0.3) is 0 Å². The van der Waals surface area contributed by atoms with Crippen LogP contribution in [0.5, 0.6) is 0 Å². The highest BCUT2D eigenvalue weighted by atomic mass is 35.5. The monoisotopic (exact) mass is 321 g/mol. The molecule has 2 N–H and O–H groups in total. The van der Waals surface area contributed by atoms with Crippen LogP contribution in [0.3, 0.4) is 0 Å². The normalized spacial score (nSPS) is 10.5. The van der Waals surface area contributed by atoms with Gasteiger partial charge in [-0.1, -0.05) is 17.7 Å². The van der Waals surface area contributed by atoms with Crippen molar-refractivity contribution in [1.29, 1.82) is 0 Å². The molecule has 0 radical (unpaired) electrons. The van der Waals surface area contributed by atoms with Gasteiger partial charge in [-0.15, -0.1) is 23.7 Å². The number of hydrogen-bond acceptors (Lipinski definition) is 4. The number of benzene rings is 1. The molecule has 7 heteroatoms. The lowest BCUT2D eigenvalue weighted by Gasteiger charge is -2.15. The molecule has 2 rings (SSSR count). The summed E-state index contributed by atoms with van der Waals surface area (Å²) in [5.74, 6) is -0.385. The van der Waals surface area contributed by atoms with E-state index in [0.29, 0.717) is 11.7 Å². The second kappa shape index (κ2) is 7.05. The Kier molecular flexibility index (Phi) is 6.00. The third kappa shape index (κ3) is 4.62. The largest absolute Gasteiger partial charge is 0.375 e. The molecule has 0 aliphatic rings. The number of anilines is 1. The first kappa shape index (κ1) is 16.2. The fraction of sp³-hybridized carbons (Fsp3) is 0.250. The number of hydrogen-bond donors (Lipinski definition) is 1.